The van der Waals surface area contributed by atoms with Crippen LogP contribution in [0.4, 0.5) is 5.82 Å². The predicted octanol–water partition coefficient (Wildman–Crippen LogP) is 4.19. The van der Waals surface area contributed by atoms with Gasteiger partial charge in [0.15, 0.2) is 11.6 Å². The monoisotopic (exact) mass is 323 g/mol. The summed E-state index contributed by atoms with van der Waals surface area (Å²) in [5.74, 6) is 1.15. The lowest BCUT2D eigenvalue weighted by Crippen LogP contribution is -2.07. The van der Waals surface area contributed by atoms with Crippen molar-refractivity contribution >= 4 is 35.4 Å². The SMILES string of the molecule is CN(C)C=Nc1ncccc1OCc1ccc(Cl)c(Cl)c1. The third-order valence-electron chi connectivity index (χ3n) is 2.54. The van der Waals surface area contributed by atoms with Crippen molar-refractivity contribution < 1.29 is 4.74 Å². The number of nitrogens with zero attached hydrogens (tertiary/aromatic N) is 3. The molecule has 0 saturated heterocycles. The van der Waals surface area contributed by atoms with E-state index < -0.39 is 0 Å². The Morgan fingerprint density at radius 2 is 2.05 bits per heavy atom. The van der Waals surface area contributed by atoms with E-state index in [1.807, 2.05) is 31.1 Å². The van der Waals surface area contributed by atoms with Crippen molar-refractivity contribution in [1.29, 1.82) is 0 Å². The molecule has 110 valence electrons. The van der Waals surface area contributed by atoms with E-state index in [0.29, 0.717) is 28.2 Å². The van der Waals surface area contributed by atoms with Crippen LogP contribution < -0.4 is 4.74 Å². The molecule has 1 aromatic carbocycles. The van der Waals surface area contributed by atoms with Crippen molar-refractivity contribution in [2.75, 3.05) is 14.1 Å². The average Bonchev–Trinajstić information content (AvgIpc) is 2.47. The topological polar surface area (TPSA) is 37.7 Å². The molecule has 0 N–H and O–H groups in total. The minimum atomic E-state index is 0.368. The molecule has 0 aliphatic carbocycles. The normalized spacial score (nSPS) is 10.9. The molecule has 0 atom stereocenters. The number of aromatic nitrogens is 1. The quantitative estimate of drug-likeness (QED) is 0.611. The number of hydrogen-bond donors (Lipinski definition) is 0. The standard InChI is InChI=1S/C15H15Cl2N3O/c1-20(2)10-19-15-14(4-3-7-18-15)21-9-11-5-6-12(16)13(17)8-11/h3-8,10H,9H2,1-2H3. The summed E-state index contributed by atoms with van der Waals surface area (Å²) in [5.41, 5.74) is 0.927. The lowest BCUT2D eigenvalue weighted by molar-refractivity contribution is 0.306. The average molecular weight is 324 g/mol. The zero-order valence-corrected chi connectivity index (χ0v) is 13.3. The van der Waals surface area contributed by atoms with Crippen molar-refractivity contribution in [3.63, 3.8) is 0 Å². The number of halogens is 2. The molecule has 21 heavy (non-hydrogen) atoms. The predicted molar refractivity (Wildman–Crippen MR) is 86.9 cm³/mol. The second-order valence-corrected chi connectivity index (χ2v) is 5.38. The minimum absolute atomic E-state index is 0.368. The first-order chi connectivity index (χ1) is 10.1. The van der Waals surface area contributed by atoms with Gasteiger partial charge in [0, 0.05) is 20.3 Å². The third-order valence-corrected chi connectivity index (χ3v) is 3.28. The Hall–Kier alpha value is -1.78. The van der Waals surface area contributed by atoms with Crippen LogP contribution in [0, 0.1) is 0 Å². The fourth-order valence-electron chi connectivity index (χ4n) is 1.55. The number of aliphatic imine (C=N–C) groups is 1. The molecule has 6 heteroatoms. The first-order valence-electron chi connectivity index (χ1n) is 6.28. The fourth-order valence-corrected chi connectivity index (χ4v) is 1.87. The Labute approximate surface area is 134 Å². The van der Waals surface area contributed by atoms with Crippen LogP contribution in [0.15, 0.2) is 41.5 Å². The van der Waals surface area contributed by atoms with Gasteiger partial charge in [-0.3, -0.25) is 0 Å². The van der Waals surface area contributed by atoms with Crippen LogP contribution in [0.2, 0.25) is 10.0 Å². The highest BCUT2D eigenvalue weighted by molar-refractivity contribution is 6.42. The molecular formula is C15H15Cl2N3O. The fraction of sp³-hybridized carbons (Fsp3) is 0.200. The molecule has 4 nitrogen and oxygen atoms in total. The third kappa shape index (κ3) is 4.62. The molecule has 0 aliphatic heterocycles. The molecule has 0 radical (unpaired) electrons. The molecule has 1 heterocycles. The second-order valence-electron chi connectivity index (χ2n) is 4.57. The van der Waals surface area contributed by atoms with Crippen LogP contribution in [0.25, 0.3) is 0 Å². The summed E-state index contributed by atoms with van der Waals surface area (Å²) in [4.78, 5) is 10.3. The van der Waals surface area contributed by atoms with Gasteiger partial charge >= 0.3 is 0 Å². The van der Waals surface area contributed by atoms with Crippen LogP contribution in [0.5, 0.6) is 5.75 Å². The molecule has 1 aromatic heterocycles. The Morgan fingerprint density at radius 1 is 1.24 bits per heavy atom. The van der Waals surface area contributed by atoms with Crippen LogP contribution in [0.1, 0.15) is 5.56 Å². The highest BCUT2D eigenvalue weighted by Crippen LogP contribution is 2.26. The van der Waals surface area contributed by atoms with E-state index in [0.717, 1.165) is 5.56 Å². The molecule has 0 saturated carbocycles. The van der Waals surface area contributed by atoms with E-state index in [9.17, 15) is 0 Å². The summed E-state index contributed by atoms with van der Waals surface area (Å²) >= 11 is 11.9. The van der Waals surface area contributed by atoms with Crippen molar-refractivity contribution in [2.24, 2.45) is 4.99 Å². The lowest BCUT2D eigenvalue weighted by Gasteiger charge is -2.09. The summed E-state index contributed by atoms with van der Waals surface area (Å²) in [6.07, 6.45) is 3.35. The van der Waals surface area contributed by atoms with Crippen molar-refractivity contribution in [3.8, 4) is 5.75 Å². The largest absolute Gasteiger partial charge is 0.485 e. The lowest BCUT2D eigenvalue weighted by atomic mass is 10.2. The molecule has 0 amide bonds. The van der Waals surface area contributed by atoms with Gasteiger partial charge in [-0.05, 0) is 29.8 Å². The van der Waals surface area contributed by atoms with Crippen LogP contribution in [-0.4, -0.2) is 30.3 Å². The first-order valence-corrected chi connectivity index (χ1v) is 7.04. The molecule has 0 spiro atoms. The summed E-state index contributed by atoms with van der Waals surface area (Å²) in [6.45, 7) is 0.368. The van der Waals surface area contributed by atoms with Gasteiger partial charge in [0.1, 0.15) is 6.61 Å². The molecule has 0 fully saturated rings. The van der Waals surface area contributed by atoms with E-state index in [-0.39, 0.29) is 0 Å². The highest BCUT2D eigenvalue weighted by Gasteiger charge is 2.05. The van der Waals surface area contributed by atoms with Gasteiger partial charge in [0.05, 0.1) is 16.4 Å². The number of hydrogen-bond acceptors (Lipinski definition) is 3. The van der Waals surface area contributed by atoms with E-state index in [4.69, 9.17) is 27.9 Å². The van der Waals surface area contributed by atoms with Crippen molar-refractivity contribution in [1.82, 2.24) is 9.88 Å². The number of rotatable bonds is 5. The maximum Gasteiger partial charge on any atom is 0.196 e. The van der Waals surface area contributed by atoms with Gasteiger partial charge in [0.25, 0.3) is 0 Å². The van der Waals surface area contributed by atoms with E-state index in [1.54, 1.807) is 30.7 Å². The number of pyridine rings is 1. The smallest absolute Gasteiger partial charge is 0.196 e. The molecule has 2 aromatic rings. The van der Waals surface area contributed by atoms with Crippen LogP contribution >= 0.6 is 23.2 Å². The first kappa shape index (κ1) is 15.6. The zero-order chi connectivity index (χ0) is 15.2. The van der Waals surface area contributed by atoms with Gasteiger partial charge < -0.3 is 9.64 Å². The summed E-state index contributed by atoms with van der Waals surface area (Å²) in [7, 11) is 3.78. The van der Waals surface area contributed by atoms with E-state index in [2.05, 4.69) is 9.98 Å². The minimum Gasteiger partial charge on any atom is -0.485 e. The van der Waals surface area contributed by atoms with Crippen LogP contribution in [-0.2, 0) is 6.61 Å². The highest BCUT2D eigenvalue weighted by atomic mass is 35.5. The Kier molecular flexibility index (Phi) is 5.42. The number of benzene rings is 1. The Balaban J connectivity index is 2.11. The Bertz CT molecular complexity index is 645. The van der Waals surface area contributed by atoms with Gasteiger partial charge in [-0.1, -0.05) is 29.3 Å². The van der Waals surface area contributed by atoms with Gasteiger partial charge in [-0.15, -0.1) is 0 Å². The van der Waals surface area contributed by atoms with E-state index in [1.165, 1.54) is 0 Å². The molecular weight excluding hydrogens is 309 g/mol. The van der Waals surface area contributed by atoms with Crippen LogP contribution in [0.3, 0.4) is 0 Å². The second kappa shape index (κ2) is 7.29. The maximum atomic E-state index is 5.98. The molecule has 2 rings (SSSR count). The molecule has 0 aliphatic rings. The molecule has 0 bridgehead atoms. The van der Waals surface area contributed by atoms with Gasteiger partial charge in [-0.2, -0.15) is 0 Å². The van der Waals surface area contributed by atoms with E-state index >= 15 is 0 Å². The zero-order valence-electron chi connectivity index (χ0n) is 11.8. The Morgan fingerprint density at radius 3 is 2.76 bits per heavy atom. The van der Waals surface area contributed by atoms with Gasteiger partial charge in [-0.25, -0.2) is 9.98 Å². The number of ether oxygens (including phenoxy) is 1. The van der Waals surface area contributed by atoms with Crippen molar-refractivity contribution in [3.05, 3.63) is 52.1 Å². The summed E-state index contributed by atoms with van der Waals surface area (Å²) in [6, 6.07) is 9.03. The summed E-state index contributed by atoms with van der Waals surface area (Å²) in [5, 5.41) is 1.04. The summed E-state index contributed by atoms with van der Waals surface area (Å²) < 4.78 is 5.75. The van der Waals surface area contributed by atoms with Gasteiger partial charge in [0.2, 0.25) is 0 Å². The van der Waals surface area contributed by atoms with Crippen molar-refractivity contribution in [2.45, 2.75) is 6.61 Å². The maximum absolute atomic E-state index is 5.98. The molecule has 0 unspecified atom stereocenters.